The number of esters is 1. The van der Waals surface area contributed by atoms with Crippen molar-refractivity contribution in [3.05, 3.63) is 0 Å². The average Bonchev–Trinajstić information content (AvgIpc) is 2.79. The standard InChI is InChI=1S/C10H16O9/c1-8(2)16-4-5(18-8)6-9(12,19-14)10(13,15-3)7(11)17-6/h5-6,12-14H,4H2,1-3H3/i3D3. The fourth-order valence-corrected chi connectivity index (χ4v) is 2.04. The van der Waals surface area contributed by atoms with Gasteiger partial charge in [-0.3, -0.25) is 0 Å². The van der Waals surface area contributed by atoms with Crippen LogP contribution in [0.5, 0.6) is 0 Å². The molecule has 2 saturated heterocycles. The van der Waals surface area contributed by atoms with E-state index in [0.717, 1.165) is 0 Å². The number of hydrogen-bond donors (Lipinski definition) is 3. The zero-order chi connectivity index (χ0) is 17.0. The van der Waals surface area contributed by atoms with Gasteiger partial charge >= 0.3 is 17.5 Å². The van der Waals surface area contributed by atoms with Gasteiger partial charge in [0.2, 0.25) is 0 Å². The van der Waals surface area contributed by atoms with Gasteiger partial charge in [-0.1, -0.05) is 0 Å². The molecule has 4 unspecified atom stereocenters. The third-order valence-corrected chi connectivity index (χ3v) is 3.04. The van der Waals surface area contributed by atoms with E-state index in [1.807, 2.05) is 0 Å². The van der Waals surface area contributed by atoms with E-state index in [1.165, 1.54) is 13.8 Å². The van der Waals surface area contributed by atoms with E-state index in [2.05, 4.69) is 9.62 Å². The van der Waals surface area contributed by atoms with Crippen molar-refractivity contribution in [3.8, 4) is 0 Å². The zero-order valence-electron chi connectivity index (χ0n) is 13.2. The number of cyclic esters (lactones) is 1. The molecule has 2 heterocycles. The summed E-state index contributed by atoms with van der Waals surface area (Å²) in [5, 5.41) is 29.3. The lowest BCUT2D eigenvalue weighted by molar-refractivity contribution is -0.466. The molecule has 19 heavy (non-hydrogen) atoms. The van der Waals surface area contributed by atoms with E-state index in [-0.39, 0.29) is 6.61 Å². The summed E-state index contributed by atoms with van der Waals surface area (Å²) in [5.41, 5.74) is 0. The highest BCUT2D eigenvalue weighted by Gasteiger charge is 2.73. The Morgan fingerprint density at radius 1 is 1.47 bits per heavy atom. The maximum atomic E-state index is 11.8. The lowest BCUT2D eigenvalue weighted by Crippen LogP contribution is -2.63. The Kier molecular flexibility index (Phi) is 2.50. The summed E-state index contributed by atoms with van der Waals surface area (Å²) >= 11 is 0. The summed E-state index contributed by atoms with van der Waals surface area (Å²) in [6.45, 7) is 2.89. The quantitative estimate of drug-likeness (QED) is 0.247. The second kappa shape index (κ2) is 4.35. The first-order valence-electron chi connectivity index (χ1n) is 6.85. The predicted molar refractivity (Wildman–Crippen MR) is 55.4 cm³/mol. The first-order valence-corrected chi connectivity index (χ1v) is 5.35. The van der Waals surface area contributed by atoms with E-state index in [4.69, 9.17) is 23.6 Å². The highest BCUT2D eigenvalue weighted by molar-refractivity contribution is 5.82. The number of methoxy groups -OCH3 is 1. The number of hydrogen-bond acceptors (Lipinski definition) is 9. The molecule has 0 amide bonds. The predicted octanol–water partition coefficient (Wildman–Crippen LogP) is -1.42. The Morgan fingerprint density at radius 2 is 2.16 bits per heavy atom. The first kappa shape index (κ1) is 10.9. The molecule has 4 atom stereocenters. The molecule has 0 spiro atoms. The summed E-state index contributed by atoms with van der Waals surface area (Å²) in [5.74, 6) is -9.45. The minimum atomic E-state index is -3.48. The maximum absolute atomic E-state index is 11.8. The number of carbonyl (C=O) groups is 1. The van der Waals surface area contributed by atoms with Crippen LogP contribution in [0.15, 0.2) is 0 Å². The van der Waals surface area contributed by atoms with E-state index in [9.17, 15) is 15.0 Å². The highest BCUT2D eigenvalue weighted by atomic mass is 17.1. The van der Waals surface area contributed by atoms with Gasteiger partial charge in [-0.2, -0.15) is 4.89 Å². The molecule has 0 saturated carbocycles. The van der Waals surface area contributed by atoms with Crippen molar-refractivity contribution >= 4 is 5.97 Å². The van der Waals surface area contributed by atoms with Crippen LogP contribution in [0, 0.1) is 0 Å². The topological polar surface area (TPSA) is 124 Å². The fraction of sp³-hybridized carbons (Fsp3) is 0.900. The Morgan fingerprint density at radius 3 is 2.63 bits per heavy atom. The first-order chi connectivity index (χ1) is 9.85. The van der Waals surface area contributed by atoms with Crippen LogP contribution in [0.4, 0.5) is 0 Å². The van der Waals surface area contributed by atoms with Crippen LogP contribution in [0.25, 0.3) is 0 Å². The average molecular weight is 283 g/mol. The van der Waals surface area contributed by atoms with Crippen molar-refractivity contribution in [1.82, 2.24) is 0 Å². The molecular weight excluding hydrogens is 264 g/mol. The lowest BCUT2D eigenvalue weighted by Gasteiger charge is -2.33. The van der Waals surface area contributed by atoms with Gasteiger partial charge in [-0.15, -0.1) is 0 Å². The Balaban J connectivity index is 2.33. The maximum Gasteiger partial charge on any atom is 0.373 e. The number of ether oxygens (including phenoxy) is 4. The van der Waals surface area contributed by atoms with Crippen molar-refractivity contribution in [2.45, 2.75) is 43.4 Å². The molecule has 2 fully saturated rings. The lowest BCUT2D eigenvalue weighted by atomic mass is 9.99. The summed E-state index contributed by atoms with van der Waals surface area (Å²) in [6, 6.07) is 0. The molecule has 0 aromatic heterocycles. The molecule has 2 rings (SSSR count). The third-order valence-electron chi connectivity index (χ3n) is 3.04. The van der Waals surface area contributed by atoms with Crippen molar-refractivity contribution < 1.29 is 48.2 Å². The van der Waals surface area contributed by atoms with E-state index >= 15 is 0 Å². The van der Waals surface area contributed by atoms with Gasteiger partial charge in [-0.25, -0.2) is 10.1 Å². The monoisotopic (exact) mass is 283 g/mol. The van der Waals surface area contributed by atoms with Crippen LogP contribution in [-0.4, -0.2) is 64.7 Å². The largest absolute Gasteiger partial charge is 0.449 e. The molecule has 2 aliphatic heterocycles. The molecule has 9 nitrogen and oxygen atoms in total. The van der Waals surface area contributed by atoms with Gasteiger partial charge in [0.15, 0.2) is 11.9 Å². The SMILES string of the molecule is [2H]C([2H])([2H])OC1(O)C(=O)OC(C2COC(C)(C)O2)C1(O)OO. The fourth-order valence-electron chi connectivity index (χ4n) is 2.04. The van der Waals surface area contributed by atoms with Crippen LogP contribution in [0.2, 0.25) is 0 Å². The van der Waals surface area contributed by atoms with Crippen LogP contribution < -0.4 is 0 Å². The Bertz CT molecular complexity index is 467. The smallest absolute Gasteiger partial charge is 0.373 e. The Hall–Kier alpha value is -0.810. The van der Waals surface area contributed by atoms with Gasteiger partial charge < -0.3 is 29.2 Å². The zero-order valence-corrected chi connectivity index (χ0v) is 10.2. The van der Waals surface area contributed by atoms with Crippen molar-refractivity contribution in [2.75, 3.05) is 13.6 Å². The van der Waals surface area contributed by atoms with Crippen LogP contribution >= 0.6 is 0 Å². The van der Waals surface area contributed by atoms with E-state index in [1.54, 1.807) is 0 Å². The minimum Gasteiger partial charge on any atom is -0.449 e. The van der Waals surface area contributed by atoms with Gasteiger partial charge in [0.1, 0.15) is 6.10 Å². The molecule has 0 radical (unpaired) electrons. The van der Waals surface area contributed by atoms with Crippen molar-refractivity contribution in [3.63, 3.8) is 0 Å². The molecular formula is C10H16O9. The summed E-state index contributed by atoms with van der Waals surface area (Å²) < 4.78 is 40.3. The van der Waals surface area contributed by atoms with Gasteiger partial charge in [-0.05, 0) is 13.8 Å². The van der Waals surface area contributed by atoms with Crippen LogP contribution in [-0.2, 0) is 28.6 Å². The molecule has 2 aliphatic rings. The second-order valence-corrected chi connectivity index (χ2v) is 4.73. The number of carbonyl (C=O) groups excluding carboxylic acids is 1. The molecule has 9 heteroatoms. The number of rotatable bonds is 3. The summed E-state index contributed by atoms with van der Waals surface area (Å²) in [6.07, 6.45) is -2.94. The molecule has 0 aliphatic carbocycles. The molecule has 110 valence electrons. The third kappa shape index (κ3) is 1.94. The van der Waals surface area contributed by atoms with Crippen LogP contribution in [0.3, 0.4) is 0 Å². The van der Waals surface area contributed by atoms with Crippen molar-refractivity contribution in [1.29, 1.82) is 0 Å². The number of aliphatic hydroxyl groups is 2. The van der Waals surface area contributed by atoms with E-state index in [0.29, 0.717) is 0 Å². The van der Waals surface area contributed by atoms with E-state index < -0.39 is 42.6 Å². The summed E-state index contributed by atoms with van der Waals surface area (Å²) in [4.78, 5) is 15.6. The highest BCUT2D eigenvalue weighted by Crippen LogP contribution is 2.42. The minimum absolute atomic E-state index is 0.180. The van der Waals surface area contributed by atoms with Gasteiger partial charge in [0, 0.05) is 7.04 Å². The molecule has 0 aromatic carbocycles. The molecule has 0 aromatic rings. The molecule has 0 bridgehead atoms. The summed E-state index contributed by atoms with van der Waals surface area (Å²) in [7, 11) is -3.29. The van der Waals surface area contributed by atoms with Gasteiger partial charge in [0.25, 0.3) is 0 Å². The van der Waals surface area contributed by atoms with Crippen LogP contribution in [0.1, 0.15) is 18.0 Å². The second-order valence-electron chi connectivity index (χ2n) is 4.73. The molecule has 3 N–H and O–H groups in total. The Labute approximate surface area is 112 Å². The van der Waals surface area contributed by atoms with Gasteiger partial charge in [0.05, 0.1) is 10.7 Å². The van der Waals surface area contributed by atoms with Crippen molar-refractivity contribution in [2.24, 2.45) is 0 Å². The normalized spacial score (nSPS) is 48.5.